The third-order valence-corrected chi connectivity index (χ3v) is 3.57. The van der Waals surface area contributed by atoms with E-state index in [2.05, 4.69) is 16.4 Å². The first-order valence-corrected chi connectivity index (χ1v) is 6.80. The molecule has 4 heteroatoms. The van der Waals surface area contributed by atoms with Gasteiger partial charge in [-0.3, -0.25) is 4.98 Å². The fourth-order valence-corrected chi connectivity index (χ4v) is 2.53. The normalized spacial score (nSPS) is 14.8. The standard InChI is InChI=1S/C17H13N3O/c1-20-10-4-7-15-17(20)19-16(21-15)11-12-8-9-18-14-6-3-2-5-13(12)14/h2-11H,1H3/p+1/b16-11+. The summed E-state index contributed by atoms with van der Waals surface area (Å²) in [6, 6.07) is 14.0. The van der Waals surface area contributed by atoms with E-state index in [1.54, 1.807) is 0 Å². The smallest absolute Gasteiger partial charge is 0.325 e. The van der Waals surface area contributed by atoms with Crippen LogP contribution in [0.3, 0.4) is 0 Å². The molecule has 4 nitrogen and oxygen atoms in total. The van der Waals surface area contributed by atoms with E-state index in [4.69, 9.17) is 4.74 Å². The van der Waals surface area contributed by atoms with E-state index in [0.29, 0.717) is 0 Å². The first-order valence-electron chi connectivity index (χ1n) is 6.80. The van der Waals surface area contributed by atoms with Gasteiger partial charge in [0.05, 0.1) is 18.8 Å². The molecular weight excluding hydrogens is 262 g/mol. The molecule has 1 aliphatic rings. The van der Waals surface area contributed by atoms with Gasteiger partial charge in [0.2, 0.25) is 5.75 Å². The molecule has 0 radical (unpaired) electrons. The molecule has 0 fully saturated rings. The number of para-hydroxylation sites is 1. The number of anilines is 1. The molecule has 3 aromatic rings. The van der Waals surface area contributed by atoms with Crippen molar-refractivity contribution in [2.45, 2.75) is 0 Å². The Morgan fingerprint density at radius 3 is 2.95 bits per heavy atom. The second-order valence-corrected chi connectivity index (χ2v) is 4.98. The van der Waals surface area contributed by atoms with Crippen molar-refractivity contribution in [1.29, 1.82) is 0 Å². The van der Waals surface area contributed by atoms with Crippen LogP contribution in [0.1, 0.15) is 5.56 Å². The molecule has 1 aromatic carbocycles. The van der Waals surface area contributed by atoms with Gasteiger partial charge < -0.3 is 4.74 Å². The van der Waals surface area contributed by atoms with Crippen molar-refractivity contribution in [3.63, 3.8) is 0 Å². The topological polar surface area (TPSA) is 38.0 Å². The van der Waals surface area contributed by atoms with Crippen LogP contribution in [0.2, 0.25) is 0 Å². The highest BCUT2D eigenvalue weighted by Gasteiger charge is 2.26. The number of nitrogens with zero attached hydrogens (tertiary/aromatic N) is 2. The Kier molecular flexibility index (Phi) is 2.60. The van der Waals surface area contributed by atoms with E-state index < -0.39 is 0 Å². The highest BCUT2D eigenvalue weighted by Crippen LogP contribution is 2.30. The van der Waals surface area contributed by atoms with Crippen molar-refractivity contribution in [2.24, 2.45) is 7.05 Å². The van der Waals surface area contributed by atoms with Gasteiger partial charge in [0.25, 0.3) is 5.88 Å². The second kappa shape index (κ2) is 4.59. The predicted octanol–water partition coefficient (Wildman–Crippen LogP) is 2.86. The fourth-order valence-electron chi connectivity index (χ4n) is 2.53. The zero-order chi connectivity index (χ0) is 14.2. The highest BCUT2D eigenvalue weighted by molar-refractivity contribution is 5.88. The first-order chi connectivity index (χ1) is 10.3. The summed E-state index contributed by atoms with van der Waals surface area (Å²) in [5.74, 6) is 2.52. The number of pyridine rings is 2. The van der Waals surface area contributed by atoms with Gasteiger partial charge in [0.15, 0.2) is 0 Å². The van der Waals surface area contributed by atoms with Crippen LogP contribution in [0, 0.1) is 0 Å². The van der Waals surface area contributed by atoms with Crippen molar-refractivity contribution in [3.05, 3.63) is 66.3 Å². The van der Waals surface area contributed by atoms with E-state index >= 15 is 0 Å². The monoisotopic (exact) mass is 276 g/mol. The summed E-state index contributed by atoms with van der Waals surface area (Å²) < 4.78 is 7.85. The Hall–Kier alpha value is -2.88. The summed E-state index contributed by atoms with van der Waals surface area (Å²) in [7, 11) is 1.99. The Balaban J connectivity index is 1.78. The number of hydrogen-bond donors (Lipinski definition) is 1. The molecule has 4 rings (SSSR count). The Morgan fingerprint density at radius 2 is 2.05 bits per heavy atom. The zero-order valence-electron chi connectivity index (χ0n) is 11.6. The van der Waals surface area contributed by atoms with Crippen molar-refractivity contribution in [1.82, 2.24) is 4.98 Å². The molecule has 0 atom stereocenters. The van der Waals surface area contributed by atoms with Crippen LogP contribution in [0.25, 0.3) is 17.0 Å². The summed E-state index contributed by atoms with van der Waals surface area (Å²) >= 11 is 0. The molecule has 0 amide bonds. The third-order valence-electron chi connectivity index (χ3n) is 3.57. The number of aryl methyl sites for hydroxylation is 1. The minimum absolute atomic E-state index is 0.725. The molecule has 1 N–H and O–H groups in total. The van der Waals surface area contributed by atoms with E-state index in [-0.39, 0.29) is 0 Å². The molecule has 0 aliphatic carbocycles. The van der Waals surface area contributed by atoms with Crippen molar-refractivity contribution in [2.75, 3.05) is 5.32 Å². The average molecular weight is 276 g/mol. The maximum Gasteiger partial charge on any atom is 0.325 e. The molecule has 3 heterocycles. The minimum Gasteiger partial charge on any atom is -0.414 e. The van der Waals surface area contributed by atoms with E-state index in [1.165, 1.54) is 0 Å². The van der Waals surface area contributed by atoms with Crippen LogP contribution in [-0.2, 0) is 7.05 Å². The van der Waals surface area contributed by atoms with E-state index in [0.717, 1.165) is 33.9 Å². The van der Waals surface area contributed by atoms with Gasteiger partial charge in [0, 0.05) is 17.7 Å². The molecule has 102 valence electrons. The zero-order valence-corrected chi connectivity index (χ0v) is 11.6. The SMILES string of the molecule is C[n+]1cccc2c1N/C(=C\c1ccnc3ccccc13)O2. The number of nitrogens with one attached hydrogen (secondary N) is 1. The van der Waals surface area contributed by atoms with Gasteiger partial charge in [-0.15, -0.1) is 0 Å². The van der Waals surface area contributed by atoms with Gasteiger partial charge in [-0.2, -0.15) is 0 Å². The maximum absolute atomic E-state index is 5.85. The number of aromatic nitrogens is 2. The summed E-state index contributed by atoms with van der Waals surface area (Å²) in [6.07, 6.45) is 5.81. The highest BCUT2D eigenvalue weighted by atomic mass is 16.5. The molecule has 0 saturated heterocycles. The number of rotatable bonds is 1. The average Bonchev–Trinajstić information content (AvgIpc) is 2.92. The second-order valence-electron chi connectivity index (χ2n) is 4.98. The summed E-state index contributed by atoms with van der Waals surface area (Å²) in [6.45, 7) is 0. The molecule has 2 aromatic heterocycles. The molecular formula is C17H14N3O+. The van der Waals surface area contributed by atoms with Crippen molar-refractivity contribution >= 4 is 22.8 Å². The van der Waals surface area contributed by atoms with Gasteiger partial charge >= 0.3 is 5.82 Å². The first kappa shape index (κ1) is 11.9. The Labute approximate surface area is 122 Å². The summed E-state index contributed by atoms with van der Waals surface area (Å²) in [5.41, 5.74) is 2.06. The number of benzene rings is 1. The van der Waals surface area contributed by atoms with Crippen LogP contribution >= 0.6 is 0 Å². The molecule has 0 unspecified atom stereocenters. The quantitative estimate of drug-likeness (QED) is 0.695. The number of ether oxygens (including phenoxy) is 1. The lowest BCUT2D eigenvalue weighted by Crippen LogP contribution is -2.29. The van der Waals surface area contributed by atoms with Gasteiger partial charge in [-0.1, -0.05) is 18.2 Å². The Bertz CT molecular complexity index is 866. The molecule has 1 aliphatic heterocycles. The number of fused-ring (bicyclic) bond motifs is 2. The summed E-state index contributed by atoms with van der Waals surface area (Å²) in [5, 5.41) is 4.41. The lowest BCUT2D eigenvalue weighted by atomic mass is 10.1. The van der Waals surface area contributed by atoms with Crippen LogP contribution in [0.5, 0.6) is 5.75 Å². The molecule has 0 saturated carbocycles. The third kappa shape index (κ3) is 2.01. The Morgan fingerprint density at radius 1 is 1.14 bits per heavy atom. The van der Waals surface area contributed by atoms with Crippen molar-refractivity contribution < 1.29 is 9.30 Å². The van der Waals surface area contributed by atoms with Crippen LogP contribution < -0.4 is 14.6 Å². The molecule has 0 bridgehead atoms. The van der Waals surface area contributed by atoms with Crippen LogP contribution in [0.15, 0.2) is 60.7 Å². The lowest BCUT2D eigenvalue weighted by Gasteiger charge is -2.01. The number of hydrogen-bond acceptors (Lipinski definition) is 3. The van der Waals surface area contributed by atoms with Gasteiger partial charge in [0.1, 0.15) is 0 Å². The largest absolute Gasteiger partial charge is 0.414 e. The molecule has 21 heavy (non-hydrogen) atoms. The summed E-state index contributed by atoms with van der Waals surface area (Å²) in [4.78, 5) is 4.38. The van der Waals surface area contributed by atoms with E-state index in [9.17, 15) is 0 Å². The van der Waals surface area contributed by atoms with E-state index in [1.807, 2.05) is 66.5 Å². The predicted molar refractivity (Wildman–Crippen MR) is 81.6 cm³/mol. The van der Waals surface area contributed by atoms with Crippen LogP contribution in [0.4, 0.5) is 5.82 Å². The minimum atomic E-state index is 0.725. The molecule has 0 spiro atoms. The van der Waals surface area contributed by atoms with Gasteiger partial charge in [-0.05, 0) is 29.8 Å². The van der Waals surface area contributed by atoms with Crippen molar-refractivity contribution in [3.8, 4) is 5.75 Å². The maximum atomic E-state index is 5.85. The lowest BCUT2D eigenvalue weighted by molar-refractivity contribution is -0.656. The fraction of sp³-hybridized carbons (Fsp3) is 0.0588. The van der Waals surface area contributed by atoms with Gasteiger partial charge in [-0.25, -0.2) is 9.88 Å². The van der Waals surface area contributed by atoms with Crippen LogP contribution in [-0.4, -0.2) is 4.98 Å².